The van der Waals surface area contributed by atoms with E-state index in [0.29, 0.717) is 18.8 Å². The molecule has 1 saturated heterocycles. The summed E-state index contributed by atoms with van der Waals surface area (Å²) in [5, 5.41) is 8.88. The summed E-state index contributed by atoms with van der Waals surface area (Å²) in [6.07, 6.45) is 3.11. The molecule has 0 radical (unpaired) electrons. The first-order valence-corrected chi connectivity index (χ1v) is 8.89. The lowest BCUT2D eigenvalue weighted by atomic mass is 10.1. The number of amides is 2. The number of rotatable bonds is 5. The van der Waals surface area contributed by atoms with Gasteiger partial charge in [0.1, 0.15) is 17.5 Å². The second-order valence-corrected chi connectivity index (χ2v) is 6.64. The van der Waals surface area contributed by atoms with Gasteiger partial charge in [-0.25, -0.2) is 0 Å². The molecule has 0 saturated carbocycles. The first-order valence-electron chi connectivity index (χ1n) is 8.10. The van der Waals surface area contributed by atoms with E-state index in [9.17, 15) is 9.59 Å². The number of para-hydroxylation sites is 1. The van der Waals surface area contributed by atoms with Crippen LogP contribution in [-0.4, -0.2) is 52.6 Å². The van der Waals surface area contributed by atoms with Gasteiger partial charge in [0.25, 0.3) is 5.91 Å². The van der Waals surface area contributed by atoms with Crippen LogP contribution >= 0.6 is 15.9 Å². The fourth-order valence-corrected chi connectivity index (χ4v) is 3.07. The van der Waals surface area contributed by atoms with Crippen molar-refractivity contribution in [3.05, 3.63) is 46.7 Å². The quantitative estimate of drug-likeness (QED) is 0.794. The Kier molecular flexibility index (Phi) is 5.70. The van der Waals surface area contributed by atoms with Crippen molar-refractivity contribution in [3.63, 3.8) is 0 Å². The van der Waals surface area contributed by atoms with Gasteiger partial charge in [0.05, 0.1) is 11.0 Å². The largest absolute Gasteiger partial charge is 0.489 e. The van der Waals surface area contributed by atoms with Gasteiger partial charge in [0.2, 0.25) is 5.91 Å². The van der Waals surface area contributed by atoms with Crippen molar-refractivity contribution in [2.24, 2.45) is 0 Å². The van der Waals surface area contributed by atoms with Gasteiger partial charge in [-0.2, -0.15) is 5.10 Å². The van der Waals surface area contributed by atoms with E-state index in [1.54, 1.807) is 11.0 Å². The topological polar surface area (TPSA) is 87.3 Å². The van der Waals surface area contributed by atoms with Crippen LogP contribution in [0.15, 0.2) is 41.0 Å². The van der Waals surface area contributed by atoms with Crippen LogP contribution in [0, 0.1) is 0 Å². The van der Waals surface area contributed by atoms with Crippen molar-refractivity contribution >= 4 is 27.7 Å². The van der Waals surface area contributed by atoms with Crippen LogP contribution in [0.25, 0.3) is 0 Å². The number of carbonyl (C=O) groups is 2. The zero-order valence-corrected chi connectivity index (χ0v) is 15.2. The number of aromatic amines is 1. The van der Waals surface area contributed by atoms with Crippen LogP contribution in [-0.2, 0) is 4.79 Å². The molecule has 2 heterocycles. The van der Waals surface area contributed by atoms with Gasteiger partial charge in [-0.15, -0.1) is 0 Å². The van der Waals surface area contributed by atoms with Gasteiger partial charge in [0.15, 0.2) is 0 Å². The molecule has 7 nitrogen and oxygen atoms in total. The van der Waals surface area contributed by atoms with Gasteiger partial charge in [0, 0.05) is 32.1 Å². The third-order valence-electron chi connectivity index (χ3n) is 4.07. The van der Waals surface area contributed by atoms with E-state index in [1.807, 2.05) is 24.3 Å². The number of likely N-dealkylation sites (tertiary alicyclic amines) is 1. The number of nitrogens with zero attached hydrogens (tertiary/aromatic N) is 2. The van der Waals surface area contributed by atoms with Gasteiger partial charge in [-0.05, 0) is 34.1 Å². The minimum Gasteiger partial charge on any atom is -0.489 e. The summed E-state index contributed by atoms with van der Waals surface area (Å²) in [5.41, 5.74) is 0.341. The lowest BCUT2D eigenvalue weighted by Crippen LogP contribution is -2.46. The molecule has 0 unspecified atom stereocenters. The van der Waals surface area contributed by atoms with Crippen LogP contribution in [0.4, 0.5) is 0 Å². The standard InChI is InChI=1S/C17H19BrN4O3/c18-13-3-1-2-4-15(13)25-12-6-9-22(10-7-12)16(23)11-19-17(24)14-5-8-20-21-14/h1-5,8,12H,6-7,9-11H2,(H,19,24)(H,20,21). The Morgan fingerprint density at radius 2 is 2.04 bits per heavy atom. The maximum atomic E-state index is 12.2. The predicted octanol–water partition coefficient (Wildman–Crippen LogP) is 1.97. The summed E-state index contributed by atoms with van der Waals surface area (Å²) >= 11 is 3.47. The molecule has 1 aliphatic heterocycles. The van der Waals surface area contributed by atoms with E-state index in [-0.39, 0.29) is 24.5 Å². The molecule has 0 atom stereocenters. The number of hydrogen-bond donors (Lipinski definition) is 2. The van der Waals surface area contributed by atoms with Crippen molar-refractivity contribution in [3.8, 4) is 5.75 Å². The third-order valence-corrected chi connectivity index (χ3v) is 4.73. The zero-order valence-electron chi connectivity index (χ0n) is 13.6. The van der Waals surface area contributed by atoms with Crippen molar-refractivity contribution in [2.75, 3.05) is 19.6 Å². The van der Waals surface area contributed by atoms with Crippen molar-refractivity contribution < 1.29 is 14.3 Å². The predicted molar refractivity (Wildman–Crippen MR) is 95.3 cm³/mol. The number of halogens is 1. The first-order chi connectivity index (χ1) is 12.1. The molecule has 3 rings (SSSR count). The highest BCUT2D eigenvalue weighted by Gasteiger charge is 2.24. The second-order valence-electron chi connectivity index (χ2n) is 5.78. The molecule has 2 N–H and O–H groups in total. The lowest BCUT2D eigenvalue weighted by Gasteiger charge is -2.32. The first kappa shape index (κ1) is 17.5. The molecule has 1 aliphatic rings. The van der Waals surface area contributed by atoms with Crippen LogP contribution < -0.4 is 10.1 Å². The van der Waals surface area contributed by atoms with Crippen molar-refractivity contribution in [1.29, 1.82) is 0 Å². The molecule has 1 aromatic heterocycles. The van der Waals surface area contributed by atoms with E-state index in [0.717, 1.165) is 23.1 Å². The van der Waals surface area contributed by atoms with Crippen molar-refractivity contribution in [1.82, 2.24) is 20.4 Å². The molecule has 25 heavy (non-hydrogen) atoms. The van der Waals surface area contributed by atoms with Crippen LogP contribution in [0.1, 0.15) is 23.3 Å². The maximum absolute atomic E-state index is 12.2. The van der Waals surface area contributed by atoms with Crippen LogP contribution in [0.3, 0.4) is 0 Å². The smallest absolute Gasteiger partial charge is 0.269 e. The summed E-state index contributed by atoms with van der Waals surface area (Å²) in [6.45, 7) is 1.22. The summed E-state index contributed by atoms with van der Waals surface area (Å²) in [5.74, 6) is 0.393. The van der Waals surface area contributed by atoms with E-state index in [2.05, 4.69) is 31.4 Å². The number of hydrogen-bond acceptors (Lipinski definition) is 4. The number of ether oxygens (including phenoxy) is 1. The molecule has 1 aromatic carbocycles. The van der Waals surface area contributed by atoms with Gasteiger partial charge >= 0.3 is 0 Å². The van der Waals surface area contributed by atoms with Gasteiger partial charge < -0.3 is 15.0 Å². The summed E-state index contributed by atoms with van der Waals surface area (Å²) in [7, 11) is 0. The number of H-pyrrole nitrogens is 1. The summed E-state index contributed by atoms with van der Waals surface area (Å²) in [6, 6.07) is 9.30. The SMILES string of the molecule is O=C(NCC(=O)N1CCC(Oc2ccccc2Br)CC1)c1ccn[nH]1. The molecule has 132 valence electrons. The number of piperidine rings is 1. The Morgan fingerprint density at radius 3 is 2.72 bits per heavy atom. The van der Waals surface area contributed by atoms with Crippen molar-refractivity contribution in [2.45, 2.75) is 18.9 Å². The average molecular weight is 407 g/mol. The average Bonchev–Trinajstić information content (AvgIpc) is 3.17. The van der Waals surface area contributed by atoms with Gasteiger partial charge in [-0.3, -0.25) is 14.7 Å². The molecular weight excluding hydrogens is 388 g/mol. The highest BCUT2D eigenvalue weighted by Crippen LogP contribution is 2.27. The van der Waals surface area contributed by atoms with E-state index in [4.69, 9.17) is 4.74 Å². The third kappa shape index (κ3) is 4.60. The van der Waals surface area contributed by atoms with Crippen LogP contribution in [0.2, 0.25) is 0 Å². The highest BCUT2D eigenvalue weighted by atomic mass is 79.9. The number of nitrogens with one attached hydrogen (secondary N) is 2. The summed E-state index contributed by atoms with van der Waals surface area (Å²) in [4.78, 5) is 25.8. The van der Waals surface area contributed by atoms with E-state index >= 15 is 0 Å². The molecule has 0 aliphatic carbocycles. The monoisotopic (exact) mass is 406 g/mol. The minimum absolute atomic E-state index is 0.0202. The lowest BCUT2D eigenvalue weighted by molar-refractivity contribution is -0.131. The Morgan fingerprint density at radius 1 is 1.28 bits per heavy atom. The molecule has 1 fully saturated rings. The fraction of sp³-hybridized carbons (Fsp3) is 0.353. The normalized spacial score (nSPS) is 15.0. The summed E-state index contributed by atoms with van der Waals surface area (Å²) < 4.78 is 6.92. The molecular formula is C17H19BrN4O3. The Hall–Kier alpha value is -2.35. The number of benzene rings is 1. The maximum Gasteiger partial charge on any atom is 0.269 e. The number of aromatic nitrogens is 2. The fourth-order valence-electron chi connectivity index (χ4n) is 2.69. The van der Waals surface area contributed by atoms with E-state index in [1.165, 1.54) is 6.20 Å². The zero-order chi connectivity index (χ0) is 17.6. The molecule has 2 aromatic rings. The molecule has 0 bridgehead atoms. The van der Waals surface area contributed by atoms with E-state index < -0.39 is 0 Å². The Labute approximate surface area is 153 Å². The van der Waals surface area contributed by atoms with Crippen LogP contribution in [0.5, 0.6) is 5.75 Å². The highest BCUT2D eigenvalue weighted by molar-refractivity contribution is 9.10. The minimum atomic E-state index is -0.335. The Bertz CT molecular complexity index is 727. The second kappa shape index (κ2) is 8.15. The van der Waals surface area contributed by atoms with Gasteiger partial charge in [-0.1, -0.05) is 12.1 Å². The molecule has 0 spiro atoms. The number of carbonyl (C=O) groups excluding carboxylic acids is 2. The molecule has 2 amide bonds. The molecule has 8 heteroatoms. The Balaban J connectivity index is 1.43.